The highest BCUT2D eigenvalue weighted by Crippen LogP contribution is 2.58. The van der Waals surface area contributed by atoms with Crippen molar-refractivity contribution in [2.45, 2.75) is 17.9 Å². The molecule has 61 heavy (non-hydrogen) atoms. The minimum atomic E-state index is -0.573. The summed E-state index contributed by atoms with van der Waals surface area (Å²) in [6.07, 6.45) is 19.4. The largest absolute Gasteiger partial charge is 0.388 e. The lowest BCUT2D eigenvalue weighted by atomic mass is 9.67. The van der Waals surface area contributed by atoms with E-state index in [1.165, 1.54) is 61.3 Å². The molecule has 2 unspecified atom stereocenters. The third-order valence-electron chi connectivity index (χ3n) is 11.9. The maximum absolute atomic E-state index is 3.81. The average molecular weight is 788 g/mol. The molecule has 3 nitrogen and oxygen atoms in total. The maximum atomic E-state index is 3.81. The van der Waals surface area contributed by atoms with Crippen LogP contribution in [0.25, 0.3) is 39.1 Å². The van der Waals surface area contributed by atoms with Crippen LogP contribution in [0.5, 0.6) is 0 Å². The predicted molar refractivity (Wildman–Crippen MR) is 258 cm³/mol. The molecular formula is C58H49N3. The van der Waals surface area contributed by atoms with E-state index in [0.717, 1.165) is 28.9 Å². The van der Waals surface area contributed by atoms with Crippen LogP contribution in [0.1, 0.15) is 45.8 Å². The Bertz CT molecular complexity index is 2840. The number of benzene rings is 7. The molecule has 2 aliphatic rings. The Kier molecular flexibility index (Phi) is 11.3. The Morgan fingerprint density at radius 1 is 0.607 bits per heavy atom. The zero-order valence-electron chi connectivity index (χ0n) is 34.4. The molecule has 0 aliphatic heterocycles. The number of rotatable bonds is 14. The summed E-state index contributed by atoms with van der Waals surface area (Å²) in [7, 11) is 2.01. The summed E-state index contributed by atoms with van der Waals surface area (Å²) in [5, 5.41) is 10.9. The SMILES string of the molecule is C=C/C=C\C=C/Nc1ccccc1C1(c2ccccc2)c2ccccc2-c2ccc(-c3cccc(-c4cccc(/C(=C/C(NC5=CC=CC5)c5ccccc5)NC)c4)c3)cc21. The monoisotopic (exact) mass is 787 g/mol. The molecule has 296 valence electrons. The van der Waals surface area contributed by atoms with Crippen molar-refractivity contribution >= 4 is 11.4 Å². The van der Waals surface area contributed by atoms with Crippen LogP contribution < -0.4 is 16.0 Å². The Balaban J connectivity index is 1.13. The van der Waals surface area contributed by atoms with Crippen LogP contribution in [0.3, 0.4) is 0 Å². The summed E-state index contributed by atoms with van der Waals surface area (Å²) < 4.78 is 0. The maximum Gasteiger partial charge on any atom is 0.0733 e. The smallest absolute Gasteiger partial charge is 0.0733 e. The lowest BCUT2D eigenvalue weighted by molar-refractivity contribution is 0.702. The molecule has 0 aromatic heterocycles. The normalized spacial score (nSPS) is 16.0. The molecule has 2 atom stereocenters. The van der Waals surface area contributed by atoms with E-state index in [2.05, 4.69) is 223 Å². The van der Waals surface area contributed by atoms with Crippen LogP contribution in [-0.4, -0.2) is 7.05 Å². The highest BCUT2D eigenvalue weighted by molar-refractivity contribution is 5.90. The van der Waals surface area contributed by atoms with Gasteiger partial charge in [0.1, 0.15) is 0 Å². The first-order valence-electron chi connectivity index (χ1n) is 21.1. The molecule has 0 amide bonds. The Morgan fingerprint density at radius 2 is 1.28 bits per heavy atom. The number of nitrogens with one attached hydrogen (secondary N) is 3. The molecule has 3 heteroatoms. The Morgan fingerprint density at radius 3 is 2.03 bits per heavy atom. The first-order chi connectivity index (χ1) is 30.2. The van der Waals surface area contributed by atoms with E-state index in [1.54, 1.807) is 6.08 Å². The fourth-order valence-corrected chi connectivity index (χ4v) is 9.05. The number of fused-ring (bicyclic) bond motifs is 3. The molecule has 0 saturated heterocycles. The summed E-state index contributed by atoms with van der Waals surface area (Å²) in [6.45, 7) is 3.81. The fraction of sp³-hybridized carbons (Fsp3) is 0.0690. The zero-order valence-corrected chi connectivity index (χ0v) is 34.4. The molecule has 0 saturated carbocycles. The Labute approximate surface area is 360 Å². The van der Waals surface area contributed by atoms with E-state index in [1.807, 2.05) is 31.5 Å². The van der Waals surface area contributed by atoms with Crippen molar-refractivity contribution in [1.82, 2.24) is 10.6 Å². The molecule has 3 N–H and O–H groups in total. The summed E-state index contributed by atoms with van der Waals surface area (Å²) in [5.74, 6) is 0. The van der Waals surface area contributed by atoms with E-state index >= 15 is 0 Å². The van der Waals surface area contributed by atoms with Crippen molar-refractivity contribution in [3.05, 3.63) is 276 Å². The third-order valence-corrected chi connectivity index (χ3v) is 11.9. The van der Waals surface area contributed by atoms with Gasteiger partial charge in [0.15, 0.2) is 0 Å². The van der Waals surface area contributed by atoms with Gasteiger partial charge in [-0.1, -0.05) is 189 Å². The van der Waals surface area contributed by atoms with Gasteiger partial charge in [-0.15, -0.1) is 0 Å². The molecule has 0 fully saturated rings. The summed E-state index contributed by atoms with van der Waals surface area (Å²) >= 11 is 0. The van der Waals surface area contributed by atoms with Crippen molar-refractivity contribution in [3.8, 4) is 33.4 Å². The summed E-state index contributed by atoms with van der Waals surface area (Å²) in [6, 6.07) is 64.2. The molecule has 9 rings (SSSR count). The molecule has 2 aliphatic carbocycles. The lowest BCUT2D eigenvalue weighted by Gasteiger charge is -2.35. The van der Waals surface area contributed by atoms with Crippen molar-refractivity contribution in [3.63, 3.8) is 0 Å². The predicted octanol–water partition coefficient (Wildman–Crippen LogP) is 13.8. The first kappa shape index (κ1) is 38.9. The average Bonchev–Trinajstić information content (AvgIpc) is 3.95. The minimum absolute atomic E-state index is 0.00874. The van der Waals surface area contributed by atoms with E-state index in [9.17, 15) is 0 Å². The second kappa shape index (κ2) is 17.7. The van der Waals surface area contributed by atoms with Gasteiger partial charge in [-0.3, -0.25) is 0 Å². The minimum Gasteiger partial charge on any atom is -0.388 e. The van der Waals surface area contributed by atoms with E-state index in [0.29, 0.717) is 0 Å². The second-order valence-corrected chi connectivity index (χ2v) is 15.4. The molecule has 0 bridgehead atoms. The molecule has 0 radical (unpaired) electrons. The lowest BCUT2D eigenvalue weighted by Crippen LogP contribution is -2.29. The highest BCUT2D eigenvalue weighted by Gasteiger charge is 2.47. The van der Waals surface area contributed by atoms with Gasteiger partial charge in [-0.05, 0) is 109 Å². The van der Waals surface area contributed by atoms with Gasteiger partial charge in [-0.25, -0.2) is 0 Å². The number of hydrogen-bond donors (Lipinski definition) is 3. The Hall–Kier alpha value is -7.62. The quantitative estimate of drug-likeness (QED) is 0.0961. The molecule has 7 aromatic carbocycles. The van der Waals surface area contributed by atoms with Gasteiger partial charge in [0, 0.05) is 36.7 Å². The van der Waals surface area contributed by atoms with Crippen molar-refractivity contribution in [2.75, 3.05) is 12.4 Å². The van der Waals surface area contributed by atoms with Gasteiger partial charge in [0.2, 0.25) is 0 Å². The van der Waals surface area contributed by atoms with Crippen LogP contribution in [0.2, 0.25) is 0 Å². The van der Waals surface area contributed by atoms with Gasteiger partial charge < -0.3 is 16.0 Å². The standard InChI is InChI=1S/C58H49N3/c1-3-4-5-18-37-60-55-34-17-16-33-53(55)58(48-27-10-7-11-28-48)52-32-15-14-31-50(52)51-36-35-46(40-54(51)58)44-24-19-23-43(38-44)45-25-20-26-47(39-45)56(59-2)41-57(42-21-8-6-9-22-42)61-49-29-12-13-30-49/h3-29,31-41,57,59-61H,1,30H2,2H3/b5-4-,37-18-,56-41-. The fourth-order valence-electron chi connectivity index (χ4n) is 9.05. The van der Waals surface area contributed by atoms with Gasteiger partial charge in [0.05, 0.1) is 11.5 Å². The van der Waals surface area contributed by atoms with Gasteiger partial charge >= 0.3 is 0 Å². The van der Waals surface area contributed by atoms with Crippen LogP contribution in [0.15, 0.2) is 243 Å². The van der Waals surface area contributed by atoms with Crippen molar-refractivity contribution in [2.24, 2.45) is 0 Å². The topological polar surface area (TPSA) is 36.1 Å². The van der Waals surface area contributed by atoms with Crippen molar-refractivity contribution in [1.29, 1.82) is 0 Å². The highest BCUT2D eigenvalue weighted by atomic mass is 14.9. The molecule has 7 aromatic rings. The van der Waals surface area contributed by atoms with Crippen LogP contribution in [-0.2, 0) is 5.41 Å². The molecular weight excluding hydrogens is 739 g/mol. The number of allylic oxidation sites excluding steroid dienone is 7. The van der Waals surface area contributed by atoms with Crippen LogP contribution in [0.4, 0.5) is 5.69 Å². The first-order valence-corrected chi connectivity index (χ1v) is 21.1. The third kappa shape index (κ3) is 7.70. The van der Waals surface area contributed by atoms with E-state index < -0.39 is 5.41 Å². The van der Waals surface area contributed by atoms with Crippen molar-refractivity contribution < 1.29 is 0 Å². The number of hydrogen-bond acceptors (Lipinski definition) is 3. The number of anilines is 1. The molecule has 0 heterocycles. The van der Waals surface area contributed by atoms with Crippen LogP contribution in [0, 0.1) is 0 Å². The van der Waals surface area contributed by atoms with Crippen LogP contribution >= 0.6 is 0 Å². The van der Waals surface area contributed by atoms with Gasteiger partial charge in [0.25, 0.3) is 0 Å². The van der Waals surface area contributed by atoms with E-state index in [4.69, 9.17) is 0 Å². The summed E-state index contributed by atoms with van der Waals surface area (Å²) in [4.78, 5) is 0. The van der Waals surface area contributed by atoms with E-state index in [-0.39, 0.29) is 6.04 Å². The zero-order chi connectivity index (χ0) is 41.4. The second-order valence-electron chi connectivity index (χ2n) is 15.4. The number of para-hydroxylation sites is 1. The summed E-state index contributed by atoms with van der Waals surface area (Å²) in [5.41, 5.74) is 17.3. The van der Waals surface area contributed by atoms with Gasteiger partial charge in [-0.2, -0.15) is 0 Å². The molecule has 0 spiro atoms.